The second-order valence-electron chi connectivity index (χ2n) is 4.30. The molecule has 0 radical (unpaired) electrons. The molecule has 2 atom stereocenters. The zero-order chi connectivity index (χ0) is 11.3. The van der Waals surface area contributed by atoms with E-state index in [1.165, 1.54) is 0 Å². The van der Waals surface area contributed by atoms with Gasteiger partial charge in [0.2, 0.25) is 5.91 Å². The molecular weight excluding hydrogens is 192 g/mol. The molecule has 0 aromatic heterocycles. The highest BCUT2D eigenvalue weighted by Crippen LogP contribution is 2.16. The number of hydrogen-bond donors (Lipinski definition) is 2. The number of aliphatic hydroxyl groups is 1. The van der Waals surface area contributed by atoms with E-state index in [4.69, 9.17) is 0 Å². The van der Waals surface area contributed by atoms with E-state index < -0.39 is 6.23 Å². The summed E-state index contributed by atoms with van der Waals surface area (Å²) in [4.78, 5) is 13.3. The molecule has 1 aliphatic heterocycles. The van der Waals surface area contributed by atoms with Crippen molar-refractivity contribution in [1.29, 1.82) is 0 Å². The number of nitrogens with zero attached hydrogens (tertiary/aromatic N) is 1. The average Bonchev–Trinajstić information content (AvgIpc) is 2.50. The van der Waals surface area contributed by atoms with Gasteiger partial charge in [0.05, 0.1) is 6.54 Å². The lowest BCUT2D eigenvalue weighted by atomic mass is 10.1. The van der Waals surface area contributed by atoms with Crippen molar-refractivity contribution in [2.45, 2.75) is 39.3 Å². The number of amides is 1. The maximum absolute atomic E-state index is 11.6. The highest BCUT2D eigenvalue weighted by molar-refractivity contribution is 5.80. The molecule has 0 aliphatic carbocycles. The molecule has 88 valence electrons. The van der Waals surface area contributed by atoms with Gasteiger partial charge in [-0.3, -0.25) is 10.1 Å². The molecule has 0 aromatic rings. The second kappa shape index (κ2) is 6.08. The van der Waals surface area contributed by atoms with E-state index in [1.807, 2.05) is 6.92 Å². The fraction of sp³-hybridized carbons (Fsp3) is 0.909. The number of nitrogens with one attached hydrogen (secondary N) is 1. The Bertz CT molecular complexity index is 209. The molecule has 2 unspecified atom stereocenters. The van der Waals surface area contributed by atoms with E-state index in [0.29, 0.717) is 6.54 Å². The summed E-state index contributed by atoms with van der Waals surface area (Å²) in [6.07, 6.45) is 2.51. The molecule has 2 N–H and O–H groups in total. The number of rotatable bonds is 6. The molecule has 0 saturated carbocycles. The van der Waals surface area contributed by atoms with Gasteiger partial charge < -0.3 is 10.0 Å². The zero-order valence-electron chi connectivity index (χ0n) is 9.70. The predicted molar refractivity (Wildman–Crippen MR) is 59.3 cm³/mol. The summed E-state index contributed by atoms with van der Waals surface area (Å²) in [5.41, 5.74) is 0. The van der Waals surface area contributed by atoms with E-state index in [-0.39, 0.29) is 11.8 Å². The van der Waals surface area contributed by atoms with Crippen LogP contribution in [0.4, 0.5) is 0 Å². The number of likely N-dealkylation sites (tertiary alicyclic amines) is 1. The molecule has 1 heterocycles. The number of hydrogen-bond acceptors (Lipinski definition) is 3. The van der Waals surface area contributed by atoms with Crippen LogP contribution in [0.2, 0.25) is 0 Å². The minimum atomic E-state index is -0.578. The summed E-state index contributed by atoms with van der Waals surface area (Å²) in [6, 6.07) is 0. The normalized spacial score (nSPS) is 23.5. The molecule has 0 spiro atoms. The molecule has 1 aliphatic rings. The van der Waals surface area contributed by atoms with Crippen LogP contribution < -0.4 is 5.32 Å². The zero-order valence-corrected chi connectivity index (χ0v) is 9.70. The molecule has 0 aromatic carbocycles. The van der Waals surface area contributed by atoms with Gasteiger partial charge in [0, 0.05) is 12.5 Å². The van der Waals surface area contributed by atoms with Crippen molar-refractivity contribution in [2.24, 2.45) is 5.92 Å². The summed E-state index contributed by atoms with van der Waals surface area (Å²) in [7, 11) is 0. The SMILES string of the molecule is CCCCNC(O)CN1CCC(C)C1=O. The van der Waals surface area contributed by atoms with Gasteiger partial charge in [-0.1, -0.05) is 20.3 Å². The lowest BCUT2D eigenvalue weighted by Gasteiger charge is -2.21. The van der Waals surface area contributed by atoms with Crippen LogP contribution in [-0.2, 0) is 4.79 Å². The maximum Gasteiger partial charge on any atom is 0.225 e. The van der Waals surface area contributed by atoms with Crippen molar-refractivity contribution in [1.82, 2.24) is 10.2 Å². The third kappa shape index (κ3) is 3.80. The molecule has 1 saturated heterocycles. The van der Waals surface area contributed by atoms with Gasteiger partial charge in [0.15, 0.2) is 0 Å². The summed E-state index contributed by atoms with van der Waals surface area (Å²) in [5, 5.41) is 12.6. The largest absolute Gasteiger partial charge is 0.377 e. The number of aliphatic hydroxyl groups excluding tert-OH is 1. The minimum absolute atomic E-state index is 0.132. The van der Waals surface area contributed by atoms with E-state index in [9.17, 15) is 9.90 Å². The Labute approximate surface area is 91.6 Å². The minimum Gasteiger partial charge on any atom is -0.377 e. The third-order valence-electron chi connectivity index (χ3n) is 2.87. The van der Waals surface area contributed by atoms with Crippen molar-refractivity contribution in [2.75, 3.05) is 19.6 Å². The van der Waals surface area contributed by atoms with Crippen LogP contribution in [0.5, 0.6) is 0 Å². The van der Waals surface area contributed by atoms with Crippen LogP contribution in [0.25, 0.3) is 0 Å². The molecule has 4 nitrogen and oxygen atoms in total. The number of carbonyl (C=O) groups is 1. The highest BCUT2D eigenvalue weighted by Gasteiger charge is 2.28. The quantitative estimate of drug-likeness (QED) is 0.502. The fourth-order valence-corrected chi connectivity index (χ4v) is 1.79. The Morgan fingerprint density at radius 2 is 2.40 bits per heavy atom. The van der Waals surface area contributed by atoms with Gasteiger partial charge in [-0.15, -0.1) is 0 Å². The van der Waals surface area contributed by atoms with Crippen LogP contribution >= 0.6 is 0 Å². The highest BCUT2D eigenvalue weighted by atomic mass is 16.3. The van der Waals surface area contributed by atoms with Crippen LogP contribution in [0.1, 0.15) is 33.1 Å². The summed E-state index contributed by atoms with van der Waals surface area (Å²) >= 11 is 0. The molecule has 1 fully saturated rings. The summed E-state index contributed by atoms with van der Waals surface area (Å²) < 4.78 is 0. The van der Waals surface area contributed by atoms with Crippen LogP contribution in [-0.4, -0.2) is 41.8 Å². The van der Waals surface area contributed by atoms with Gasteiger partial charge in [-0.05, 0) is 19.4 Å². The molecular formula is C11H22N2O2. The van der Waals surface area contributed by atoms with Crippen LogP contribution in [0.15, 0.2) is 0 Å². The fourth-order valence-electron chi connectivity index (χ4n) is 1.79. The van der Waals surface area contributed by atoms with E-state index in [0.717, 1.165) is 32.4 Å². The van der Waals surface area contributed by atoms with Crippen molar-refractivity contribution in [3.8, 4) is 0 Å². The molecule has 0 bridgehead atoms. The first-order valence-electron chi connectivity index (χ1n) is 5.85. The van der Waals surface area contributed by atoms with Crippen molar-refractivity contribution >= 4 is 5.91 Å². The first-order chi connectivity index (χ1) is 7.15. The average molecular weight is 214 g/mol. The molecule has 1 rings (SSSR count). The number of unbranched alkanes of at least 4 members (excludes halogenated alkanes) is 1. The summed E-state index contributed by atoms with van der Waals surface area (Å²) in [5.74, 6) is 0.305. The first kappa shape index (κ1) is 12.5. The maximum atomic E-state index is 11.6. The first-order valence-corrected chi connectivity index (χ1v) is 5.85. The monoisotopic (exact) mass is 214 g/mol. The van der Waals surface area contributed by atoms with E-state index in [1.54, 1.807) is 4.90 Å². The Balaban J connectivity index is 2.20. The van der Waals surface area contributed by atoms with E-state index >= 15 is 0 Å². The molecule has 1 amide bonds. The number of β-amino-alcohol motifs (C(OH)–C–C–N with tert-alkyl or cyclic N) is 1. The Kier molecular flexibility index (Phi) is 5.05. The molecule has 15 heavy (non-hydrogen) atoms. The number of carbonyl (C=O) groups excluding carboxylic acids is 1. The Morgan fingerprint density at radius 1 is 1.67 bits per heavy atom. The van der Waals surface area contributed by atoms with Gasteiger partial charge >= 0.3 is 0 Å². The Hall–Kier alpha value is -0.610. The predicted octanol–water partition coefficient (Wildman–Crippen LogP) is 0.563. The smallest absolute Gasteiger partial charge is 0.225 e. The van der Waals surface area contributed by atoms with Gasteiger partial charge in [-0.2, -0.15) is 0 Å². The topological polar surface area (TPSA) is 52.6 Å². The van der Waals surface area contributed by atoms with Crippen LogP contribution in [0.3, 0.4) is 0 Å². The lowest BCUT2D eigenvalue weighted by molar-refractivity contribution is -0.132. The van der Waals surface area contributed by atoms with Crippen molar-refractivity contribution in [3.63, 3.8) is 0 Å². The summed E-state index contributed by atoms with van der Waals surface area (Å²) in [6.45, 7) is 6.08. The molecule has 4 heteroatoms. The lowest BCUT2D eigenvalue weighted by Crippen LogP contribution is -2.42. The van der Waals surface area contributed by atoms with Gasteiger partial charge in [0.1, 0.15) is 6.23 Å². The van der Waals surface area contributed by atoms with Crippen LogP contribution in [0, 0.1) is 5.92 Å². The van der Waals surface area contributed by atoms with E-state index in [2.05, 4.69) is 12.2 Å². The Morgan fingerprint density at radius 3 is 2.93 bits per heavy atom. The third-order valence-corrected chi connectivity index (χ3v) is 2.87. The van der Waals surface area contributed by atoms with Gasteiger partial charge in [0.25, 0.3) is 0 Å². The standard InChI is InChI=1S/C11H22N2O2/c1-3-4-6-12-10(14)8-13-7-5-9(2)11(13)15/h9-10,12,14H,3-8H2,1-2H3. The van der Waals surface area contributed by atoms with Gasteiger partial charge in [-0.25, -0.2) is 0 Å². The second-order valence-corrected chi connectivity index (χ2v) is 4.30. The van der Waals surface area contributed by atoms with Crippen molar-refractivity contribution in [3.05, 3.63) is 0 Å². The van der Waals surface area contributed by atoms with Crippen molar-refractivity contribution < 1.29 is 9.90 Å².